The van der Waals surface area contributed by atoms with Gasteiger partial charge in [-0.2, -0.15) is 0 Å². The molecule has 174 valence electrons. The first kappa shape index (κ1) is 22.4. The highest BCUT2D eigenvalue weighted by atomic mass is 35.5. The van der Waals surface area contributed by atoms with Crippen molar-refractivity contribution in [2.75, 3.05) is 28.0 Å². The summed E-state index contributed by atoms with van der Waals surface area (Å²) in [4.78, 5) is 36.7. The van der Waals surface area contributed by atoms with Gasteiger partial charge in [-0.1, -0.05) is 41.9 Å². The molecule has 2 aliphatic rings. The van der Waals surface area contributed by atoms with Crippen LogP contribution in [-0.4, -0.2) is 31.0 Å². The first-order valence-corrected chi connectivity index (χ1v) is 11.9. The Hall–Kier alpha value is -3.35. The minimum Gasteiger partial charge on any atom is -0.372 e. The molecule has 5 rings (SSSR count). The van der Waals surface area contributed by atoms with Gasteiger partial charge in [-0.05, 0) is 67.9 Å². The molecule has 3 unspecified atom stereocenters. The molecule has 0 radical (unpaired) electrons. The predicted molar refractivity (Wildman–Crippen MR) is 134 cm³/mol. The molecule has 2 heterocycles. The average molecular weight is 476 g/mol. The van der Waals surface area contributed by atoms with Gasteiger partial charge in [0, 0.05) is 23.8 Å². The van der Waals surface area contributed by atoms with Crippen LogP contribution in [0.2, 0.25) is 5.02 Å². The Morgan fingerprint density at radius 3 is 2.09 bits per heavy atom. The first-order chi connectivity index (χ1) is 16.5. The van der Waals surface area contributed by atoms with Gasteiger partial charge in [-0.25, -0.2) is 9.96 Å². The van der Waals surface area contributed by atoms with Crippen molar-refractivity contribution in [2.45, 2.75) is 26.0 Å². The number of fused-ring (bicyclic) bond motifs is 1. The Kier molecular flexibility index (Phi) is 6.02. The van der Waals surface area contributed by atoms with Gasteiger partial charge in [0.2, 0.25) is 5.91 Å². The SMILES string of the molecule is CCN(CC)c1ccc(C2C3C(=O)N(c4ccc(Cl)cc4)C(=O)C3ON2c2ccccc2)cc1. The summed E-state index contributed by atoms with van der Waals surface area (Å²) in [6.45, 7) is 6.06. The van der Waals surface area contributed by atoms with Crippen molar-refractivity contribution < 1.29 is 14.4 Å². The number of hydrogen-bond acceptors (Lipinski definition) is 5. The number of anilines is 3. The number of hydrogen-bond donors (Lipinski definition) is 0. The van der Waals surface area contributed by atoms with Gasteiger partial charge in [0.05, 0.1) is 17.4 Å². The maximum atomic E-state index is 13.7. The fraction of sp³-hybridized carbons (Fsp3) is 0.259. The number of carbonyl (C=O) groups excluding carboxylic acids is 2. The van der Waals surface area contributed by atoms with E-state index in [1.807, 2.05) is 42.5 Å². The molecule has 3 atom stereocenters. The van der Waals surface area contributed by atoms with Crippen molar-refractivity contribution in [3.63, 3.8) is 0 Å². The summed E-state index contributed by atoms with van der Waals surface area (Å²) in [5.74, 6) is -1.29. The number of benzene rings is 3. The average Bonchev–Trinajstić information content (AvgIpc) is 3.38. The number of amides is 2. The second-order valence-electron chi connectivity index (χ2n) is 8.41. The first-order valence-electron chi connectivity index (χ1n) is 11.5. The Bertz CT molecular complexity index is 1180. The van der Waals surface area contributed by atoms with Crippen LogP contribution >= 0.6 is 11.6 Å². The monoisotopic (exact) mass is 475 g/mol. The van der Waals surface area contributed by atoms with Crippen molar-refractivity contribution in [3.05, 3.63) is 89.4 Å². The molecular formula is C27H26ClN3O3. The summed E-state index contributed by atoms with van der Waals surface area (Å²) in [6, 6.07) is 24.1. The summed E-state index contributed by atoms with van der Waals surface area (Å²) in [6.07, 6.45) is -0.893. The lowest BCUT2D eigenvalue weighted by Gasteiger charge is -2.29. The Morgan fingerprint density at radius 1 is 0.824 bits per heavy atom. The number of nitrogens with zero attached hydrogens (tertiary/aromatic N) is 3. The minimum atomic E-state index is -0.893. The van der Waals surface area contributed by atoms with Gasteiger partial charge >= 0.3 is 0 Å². The molecule has 2 aliphatic heterocycles. The predicted octanol–water partition coefficient (Wildman–Crippen LogP) is 5.24. The number of imide groups is 1. The minimum absolute atomic E-state index is 0.270. The van der Waals surface area contributed by atoms with E-state index in [0.29, 0.717) is 10.7 Å². The van der Waals surface area contributed by atoms with Gasteiger partial charge in [0.25, 0.3) is 5.91 Å². The fourth-order valence-corrected chi connectivity index (χ4v) is 4.99. The Labute approximate surface area is 204 Å². The van der Waals surface area contributed by atoms with E-state index in [4.69, 9.17) is 16.4 Å². The van der Waals surface area contributed by atoms with Crippen molar-refractivity contribution in [2.24, 2.45) is 5.92 Å². The zero-order valence-electron chi connectivity index (χ0n) is 19.1. The third kappa shape index (κ3) is 3.73. The van der Waals surface area contributed by atoms with Crippen molar-refractivity contribution >= 4 is 40.5 Å². The van der Waals surface area contributed by atoms with Crippen LogP contribution in [-0.2, 0) is 14.4 Å². The number of para-hydroxylation sites is 1. The molecule has 2 fully saturated rings. The van der Waals surface area contributed by atoms with E-state index >= 15 is 0 Å². The molecule has 34 heavy (non-hydrogen) atoms. The van der Waals surface area contributed by atoms with E-state index in [2.05, 4.69) is 30.9 Å². The maximum Gasteiger partial charge on any atom is 0.266 e. The highest BCUT2D eigenvalue weighted by molar-refractivity contribution is 6.31. The molecule has 2 amide bonds. The highest BCUT2D eigenvalue weighted by Gasteiger charge is 2.60. The zero-order valence-corrected chi connectivity index (χ0v) is 19.9. The van der Waals surface area contributed by atoms with Gasteiger partial charge in [-0.15, -0.1) is 0 Å². The molecule has 0 spiro atoms. The van der Waals surface area contributed by atoms with E-state index in [-0.39, 0.29) is 11.8 Å². The van der Waals surface area contributed by atoms with Crippen LogP contribution < -0.4 is 14.9 Å². The highest BCUT2D eigenvalue weighted by Crippen LogP contribution is 2.47. The van der Waals surface area contributed by atoms with E-state index < -0.39 is 18.1 Å². The lowest BCUT2D eigenvalue weighted by molar-refractivity contribution is -0.126. The van der Waals surface area contributed by atoms with Crippen LogP contribution in [0.25, 0.3) is 0 Å². The standard InChI is InChI=1S/C27H26ClN3O3/c1-3-29(4-2)20-14-10-18(11-15-20)24-23-25(34-31(24)22-8-6-5-7-9-22)27(33)30(26(23)32)21-16-12-19(28)13-17-21/h5-17,23-25H,3-4H2,1-2H3. The topological polar surface area (TPSA) is 53.1 Å². The third-order valence-electron chi connectivity index (χ3n) is 6.57. The molecule has 0 aliphatic carbocycles. The summed E-state index contributed by atoms with van der Waals surface area (Å²) >= 11 is 6.01. The van der Waals surface area contributed by atoms with E-state index in [1.54, 1.807) is 29.3 Å². The second kappa shape index (κ2) is 9.12. The van der Waals surface area contributed by atoms with E-state index in [1.165, 1.54) is 4.90 Å². The van der Waals surface area contributed by atoms with Crippen LogP contribution in [0.3, 0.4) is 0 Å². The Balaban J connectivity index is 1.54. The molecule has 0 saturated carbocycles. The van der Waals surface area contributed by atoms with Crippen LogP contribution in [0.1, 0.15) is 25.5 Å². The van der Waals surface area contributed by atoms with E-state index in [0.717, 1.165) is 30.0 Å². The molecule has 0 N–H and O–H groups in total. The van der Waals surface area contributed by atoms with Crippen molar-refractivity contribution in [1.82, 2.24) is 0 Å². The fourth-order valence-electron chi connectivity index (χ4n) is 4.87. The second-order valence-corrected chi connectivity index (χ2v) is 8.85. The zero-order chi connectivity index (χ0) is 23.8. The largest absolute Gasteiger partial charge is 0.372 e. The number of carbonyl (C=O) groups is 2. The molecule has 7 heteroatoms. The summed E-state index contributed by atoms with van der Waals surface area (Å²) in [7, 11) is 0. The van der Waals surface area contributed by atoms with Crippen molar-refractivity contribution in [1.29, 1.82) is 0 Å². The Morgan fingerprint density at radius 2 is 1.47 bits per heavy atom. The molecule has 0 bridgehead atoms. The van der Waals surface area contributed by atoms with Gasteiger partial charge in [0.15, 0.2) is 6.10 Å². The molecule has 3 aromatic rings. The molecule has 6 nitrogen and oxygen atoms in total. The summed E-state index contributed by atoms with van der Waals surface area (Å²) in [5.41, 5.74) is 3.34. The summed E-state index contributed by atoms with van der Waals surface area (Å²) < 4.78 is 0. The number of rotatable bonds is 6. The van der Waals surface area contributed by atoms with Crippen LogP contribution in [0, 0.1) is 5.92 Å². The van der Waals surface area contributed by atoms with Crippen LogP contribution in [0.4, 0.5) is 17.1 Å². The van der Waals surface area contributed by atoms with Gasteiger partial charge in [0.1, 0.15) is 5.92 Å². The maximum absolute atomic E-state index is 13.7. The van der Waals surface area contributed by atoms with E-state index in [9.17, 15) is 9.59 Å². The number of halogens is 1. The van der Waals surface area contributed by atoms with Crippen LogP contribution in [0.15, 0.2) is 78.9 Å². The molecular weight excluding hydrogens is 450 g/mol. The lowest BCUT2D eigenvalue weighted by Crippen LogP contribution is -2.37. The lowest BCUT2D eigenvalue weighted by atomic mass is 9.90. The van der Waals surface area contributed by atoms with Crippen LogP contribution in [0.5, 0.6) is 0 Å². The normalized spacial score (nSPS) is 21.8. The quantitative estimate of drug-likeness (QED) is 0.456. The third-order valence-corrected chi connectivity index (χ3v) is 6.83. The smallest absolute Gasteiger partial charge is 0.266 e. The number of hydroxylamine groups is 1. The van der Waals surface area contributed by atoms with Gasteiger partial charge in [-0.3, -0.25) is 14.4 Å². The van der Waals surface area contributed by atoms with Gasteiger partial charge < -0.3 is 4.90 Å². The molecule has 3 aromatic carbocycles. The molecule has 2 saturated heterocycles. The molecule has 0 aromatic heterocycles. The summed E-state index contributed by atoms with van der Waals surface area (Å²) in [5, 5.41) is 2.26. The van der Waals surface area contributed by atoms with Crippen molar-refractivity contribution in [3.8, 4) is 0 Å².